The highest BCUT2D eigenvalue weighted by molar-refractivity contribution is 5.71. The Hall–Kier alpha value is -2.43. The highest BCUT2D eigenvalue weighted by Crippen LogP contribution is 2.15. The van der Waals surface area contributed by atoms with E-state index in [2.05, 4.69) is 4.98 Å². The van der Waals surface area contributed by atoms with Crippen LogP contribution in [0.25, 0.3) is 17.1 Å². The molecule has 2 heterocycles. The van der Waals surface area contributed by atoms with Crippen LogP contribution in [0.4, 0.5) is 0 Å². The summed E-state index contributed by atoms with van der Waals surface area (Å²) in [7, 11) is 0. The number of aliphatic carboxylic acids is 1. The van der Waals surface area contributed by atoms with Crippen LogP contribution >= 0.6 is 0 Å². The zero-order valence-electron chi connectivity index (χ0n) is 10.4. The van der Waals surface area contributed by atoms with E-state index in [9.17, 15) is 9.90 Å². The van der Waals surface area contributed by atoms with Gasteiger partial charge in [-0.15, -0.1) is 4.24 Å². The highest BCUT2D eigenvalue weighted by Gasteiger charge is 2.31. The van der Waals surface area contributed by atoms with Gasteiger partial charge in [-0.3, -0.25) is 4.79 Å². The van der Waals surface area contributed by atoms with Crippen LogP contribution in [0.1, 0.15) is 12.1 Å². The van der Waals surface area contributed by atoms with Crippen molar-refractivity contribution in [2.24, 2.45) is 5.92 Å². The number of aryl methyl sites for hydroxylation is 1. The van der Waals surface area contributed by atoms with Gasteiger partial charge in [0.2, 0.25) is 10.9 Å². The van der Waals surface area contributed by atoms with Gasteiger partial charge in [0.05, 0.1) is 6.42 Å². The van der Waals surface area contributed by atoms with Crippen LogP contribution in [0.15, 0.2) is 24.3 Å². The van der Waals surface area contributed by atoms with E-state index in [1.165, 1.54) is 0 Å². The monoisotopic (exact) mass is 257 g/mol. The maximum atomic E-state index is 10.8. The molecule has 0 spiro atoms. The summed E-state index contributed by atoms with van der Waals surface area (Å²) in [6.07, 6.45) is 1.64. The van der Waals surface area contributed by atoms with E-state index in [4.69, 9.17) is 5.11 Å². The largest absolute Gasteiger partial charge is 0.481 e. The molecule has 1 aliphatic rings. The lowest BCUT2D eigenvalue weighted by Gasteiger charge is -1.97. The number of hydrogen-bond donors (Lipinski definition) is 2. The molecule has 1 atom stereocenters. The Balaban J connectivity index is 2.38. The van der Waals surface area contributed by atoms with Crippen LogP contribution in [0, 0.1) is 18.7 Å². The van der Waals surface area contributed by atoms with Crippen molar-refractivity contribution in [1.29, 1.82) is 0 Å². The number of aromatic nitrogens is 2. The Kier molecular flexibility index (Phi) is 2.48. The molecule has 19 heavy (non-hydrogen) atoms. The number of fused-ring (bicyclic) bond motifs is 3. The van der Waals surface area contributed by atoms with E-state index in [0.717, 1.165) is 22.1 Å². The molecule has 0 aliphatic carbocycles. The fraction of sp³-hybridized carbons (Fsp3) is 0.214. The van der Waals surface area contributed by atoms with Crippen LogP contribution < -0.4 is 9.59 Å². The second-order valence-electron chi connectivity index (χ2n) is 4.64. The first-order valence-corrected chi connectivity index (χ1v) is 6.02. The first-order chi connectivity index (χ1) is 9.08. The van der Waals surface area contributed by atoms with Crippen LogP contribution in [-0.2, 0) is 4.79 Å². The minimum Gasteiger partial charge on any atom is -0.481 e. The Morgan fingerprint density at radius 2 is 2.16 bits per heavy atom. The van der Waals surface area contributed by atoms with E-state index in [1.807, 2.05) is 31.2 Å². The molecule has 0 bridgehead atoms. The van der Waals surface area contributed by atoms with Gasteiger partial charge in [-0.2, -0.15) is 0 Å². The van der Waals surface area contributed by atoms with Gasteiger partial charge in [-0.25, -0.2) is 4.98 Å². The number of para-hydroxylation sites is 2. The molecule has 2 N–H and O–H groups in total. The summed E-state index contributed by atoms with van der Waals surface area (Å²) in [5.74, 6) is -1.38. The third kappa shape index (κ3) is 1.74. The zero-order chi connectivity index (χ0) is 13.6. The first-order valence-electron chi connectivity index (χ1n) is 6.02. The van der Waals surface area contributed by atoms with Crippen molar-refractivity contribution < 1.29 is 19.3 Å². The Morgan fingerprint density at radius 1 is 1.42 bits per heavy atom. The summed E-state index contributed by atoms with van der Waals surface area (Å²) in [5.41, 5.74) is 2.34. The van der Waals surface area contributed by atoms with Crippen molar-refractivity contribution in [3.63, 3.8) is 0 Å². The van der Waals surface area contributed by atoms with Crippen molar-refractivity contribution in [2.45, 2.75) is 13.3 Å². The van der Waals surface area contributed by atoms with Crippen LogP contribution in [0.5, 0.6) is 0 Å². The Morgan fingerprint density at radius 3 is 2.89 bits per heavy atom. The lowest BCUT2D eigenvalue weighted by atomic mass is 10.1. The van der Waals surface area contributed by atoms with Crippen molar-refractivity contribution in [3.05, 3.63) is 41.2 Å². The molecule has 5 nitrogen and oxygen atoms in total. The fourth-order valence-corrected chi connectivity index (χ4v) is 2.49. The van der Waals surface area contributed by atoms with Crippen LogP contribution in [0.2, 0.25) is 0 Å². The van der Waals surface area contributed by atoms with Gasteiger partial charge in [0.25, 0.3) is 0 Å². The molecule has 1 aliphatic heterocycles. The summed E-state index contributed by atoms with van der Waals surface area (Å²) in [5, 5.41) is 19.9. The van der Waals surface area contributed by atoms with Crippen LogP contribution in [0.3, 0.4) is 0 Å². The summed E-state index contributed by atoms with van der Waals surface area (Å²) >= 11 is 0. The molecule has 1 aromatic heterocycles. The maximum absolute atomic E-state index is 10.8. The molecular formula is C14H13N2O3+. The molecule has 0 radical (unpaired) electrons. The molecule has 1 unspecified atom stereocenters. The lowest BCUT2D eigenvalue weighted by molar-refractivity contribution is -0.529. The molecule has 0 saturated heterocycles. The summed E-state index contributed by atoms with van der Waals surface area (Å²) < 4.78 is 1.69. The number of benzene rings is 1. The van der Waals surface area contributed by atoms with Gasteiger partial charge in [0.1, 0.15) is 17.1 Å². The van der Waals surface area contributed by atoms with E-state index < -0.39 is 11.9 Å². The van der Waals surface area contributed by atoms with Gasteiger partial charge >= 0.3 is 11.9 Å². The second-order valence-corrected chi connectivity index (χ2v) is 4.64. The fourth-order valence-electron chi connectivity index (χ4n) is 2.49. The Bertz CT molecular complexity index is 811. The number of aliphatic hydroxyl groups excluding tert-OH is 1. The van der Waals surface area contributed by atoms with E-state index in [0.29, 0.717) is 0 Å². The SMILES string of the molecule is Cc1nc2ccccc2[n+]2c1=CC(CC(=O)O)C=2O. The molecule has 0 saturated carbocycles. The minimum atomic E-state index is -0.934. The van der Waals surface area contributed by atoms with Gasteiger partial charge in [-0.1, -0.05) is 12.1 Å². The molecule has 96 valence electrons. The molecular weight excluding hydrogens is 244 g/mol. The lowest BCUT2D eigenvalue weighted by Crippen LogP contribution is -2.40. The van der Waals surface area contributed by atoms with Crippen LogP contribution in [-0.4, -0.2) is 21.2 Å². The predicted octanol–water partition coefficient (Wildman–Crippen LogP) is 0.611. The topological polar surface area (TPSA) is 76.3 Å². The summed E-state index contributed by atoms with van der Waals surface area (Å²) in [6.45, 7) is 1.85. The average Bonchev–Trinajstić information content (AvgIpc) is 2.68. The van der Waals surface area contributed by atoms with Crippen molar-refractivity contribution in [3.8, 4) is 0 Å². The third-order valence-electron chi connectivity index (χ3n) is 3.34. The zero-order valence-corrected chi connectivity index (χ0v) is 10.4. The number of carbonyl (C=O) groups is 1. The quantitative estimate of drug-likeness (QED) is 0.773. The summed E-state index contributed by atoms with van der Waals surface area (Å²) in [4.78, 5) is 15.3. The van der Waals surface area contributed by atoms with E-state index in [-0.39, 0.29) is 12.3 Å². The molecule has 0 amide bonds. The maximum Gasteiger partial charge on any atom is 0.353 e. The molecule has 0 fully saturated rings. The highest BCUT2D eigenvalue weighted by atomic mass is 16.4. The minimum absolute atomic E-state index is 0.0547. The van der Waals surface area contributed by atoms with Gasteiger partial charge < -0.3 is 10.2 Å². The van der Waals surface area contributed by atoms with Gasteiger partial charge in [0.15, 0.2) is 0 Å². The molecule has 3 rings (SSSR count). The second kappa shape index (κ2) is 4.05. The smallest absolute Gasteiger partial charge is 0.353 e. The number of hydrogen-bond acceptors (Lipinski definition) is 3. The van der Waals surface area contributed by atoms with Crippen molar-refractivity contribution in [2.75, 3.05) is 0 Å². The van der Waals surface area contributed by atoms with Gasteiger partial charge in [-0.05, 0) is 13.0 Å². The number of aliphatic hydroxyl groups is 1. The standard InChI is InChI=1S/C14H12N2O3/c1-8-12-6-9(7-13(17)18)14(19)16(12)11-5-3-2-4-10(11)15-8/h2-6,9H,7H2,1H3,(H,17,18)/p+1. The van der Waals surface area contributed by atoms with Gasteiger partial charge in [0, 0.05) is 12.1 Å². The van der Waals surface area contributed by atoms with E-state index >= 15 is 0 Å². The van der Waals surface area contributed by atoms with Crippen molar-refractivity contribution in [1.82, 2.24) is 4.98 Å². The number of nitrogens with zero attached hydrogens (tertiary/aromatic N) is 2. The molecule has 2 aromatic rings. The molecule has 5 heteroatoms. The number of carboxylic acid groups (broad SMARTS) is 1. The Labute approximate surface area is 108 Å². The van der Waals surface area contributed by atoms with Crippen molar-refractivity contribution >= 4 is 23.1 Å². The van der Waals surface area contributed by atoms with E-state index in [1.54, 1.807) is 10.3 Å². The average molecular weight is 257 g/mol. The predicted molar refractivity (Wildman–Crippen MR) is 67.8 cm³/mol. The number of carboxylic acids is 1. The molecule has 1 aromatic carbocycles. The summed E-state index contributed by atoms with van der Waals surface area (Å²) in [6, 6.07) is 7.47. The number of rotatable bonds is 2. The normalized spacial score (nSPS) is 17.3. The first kappa shape index (κ1) is 11.6. The third-order valence-corrected chi connectivity index (χ3v) is 3.34.